The van der Waals surface area contributed by atoms with Crippen molar-refractivity contribution in [1.82, 2.24) is 19.9 Å². The van der Waals surface area contributed by atoms with Crippen LogP contribution in [0.3, 0.4) is 0 Å². The van der Waals surface area contributed by atoms with Crippen molar-refractivity contribution in [3.8, 4) is 0 Å². The summed E-state index contributed by atoms with van der Waals surface area (Å²) in [7, 11) is 0. The van der Waals surface area contributed by atoms with E-state index in [2.05, 4.69) is 30.6 Å². The normalized spacial score (nSPS) is 18.3. The zero-order chi connectivity index (χ0) is 34.7. The third-order valence-corrected chi connectivity index (χ3v) is 9.53. The number of amides is 4. The highest BCUT2D eigenvalue weighted by Gasteiger charge is 2.50. The van der Waals surface area contributed by atoms with Gasteiger partial charge in [-0.25, -0.2) is 9.97 Å². The molecule has 4 amide bonds. The standard InChI is InChI=1S/C19H20N4O2.C18H18N4O2/c1-11-8-12(6-7-20-11)17(24)22-16-9-15-14(10-21-16)19(2,3)18(25)23(15)13-4-5-13;1-18(2)13-10-20-15(21-16(23)11-4-3-7-19-9-11)8-14(13)22(17(18)24)12-5-6-12/h6-10,13H,4-5H2,1-3H3,(H,21,22,24);3-4,7-10,12H,5-6H2,1-2H3,(H,20,21,23). The molecule has 0 bridgehead atoms. The molecule has 6 heterocycles. The lowest BCUT2D eigenvalue weighted by Crippen LogP contribution is -2.37. The molecule has 8 rings (SSSR count). The molecule has 2 saturated carbocycles. The first-order valence-corrected chi connectivity index (χ1v) is 16.5. The highest BCUT2D eigenvalue weighted by molar-refractivity contribution is 6.10. The average Bonchev–Trinajstić information content (AvgIpc) is 4.02. The molecule has 49 heavy (non-hydrogen) atoms. The van der Waals surface area contributed by atoms with Gasteiger partial charge in [0.25, 0.3) is 11.8 Å². The number of nitrogens with zero attached hydrogens (tertiary/aromatic N) is 6. The second-order valence-electron chi connectivity index (χ2n) is 14.1. The fourth-order valence-electron chi connectivity index (χ4n) is 6.39. The summed E-state index contributed by atoms with van der Waals surface area (Å²) in [6.45, 7) is 9.54. The average molecular weight is 659 g/mol. The Morgan fingerprint density at radius 2 is 1.20 bits per heavy atom. The number of rotatable bonds is 6. The van der Waals surface area contributed by atoms with Gasteiger partial charge in [-0.2, -0.15) is 0 Å². The summed E-state index contributed by atoms with van der Waals surface area (Å²) in [4.78, 5) is 70.6. The summed E-state index contributed by atoms with van der Waals surface area (Å²) >= 11 is 0. The minimum Gasteiger partial charge on any atom is -0.308 e. The molecule has 2 aliphatic heterocycles. The van der Waals surface area contributed by atoms with Crippen LogP contribution < -0.4 is 20.4 Å². The second-order valence-corrected chi connectivity index (χ2v) is 14.1. The quantitative estimate of drug-likeness (QED) is 0.282. The molecule has 0 aromatic carbocycles. The van der Waals surface area contributed by atoms with Crippen LogP contribution in [0.1, 0.15) is 90.9 Å². The van der Waals surface area contributed by atoms with Gasteiger partial charge >= 0.3 is 0 Å². The maximum absolute atomic E-state index is 12.8. The van der Waals surface area contributed by atoms with E-state index < -0.39 is 10.8 Å². The minimum atomic E-state index is -0.574. The van der Waals surface area contributed by atoms with Crippen LogP contribution >= 0.6 is 0 Å². The number of fused-ring (bicyclic) bond motifs is 2. The Labute approximate surface area is 284 Å². The van der Waals surface area contributed by atoms with Gasteiger partial charge in [0.15, 0.2) is 0 Å². The molecule has 0 saturated heterocycles. The molecule has 4 aliphatic rings. The van der Waals surface area contributed by atoms with Crippen molar-refractivity contribution in [3.05, 3.63) is 95.3 Å². The van der Waals surface area contributed by atoms with Crippen molar-refractivity contribution in [2.24, 2.45) is 0 Å². The lowest BCUT2D eigenvalue weighted by atomic mass is 9.87. The number of aromatic nitrogens is 4. The molecule has 12 nitrogen and oxygen atoms in total. The van der Waals surface area contributed by atoms with Crippen LogP contribution in [0, 0.1) is 6.92 Å². The highest BCUT2D eigenvalue weighted by Crippen LogP contribution is 2.48. The number of pyridine rings is 4. The number of anilines is 4. The van der Waals surface area contributed by atoms with Gasteiger partial charge in [-0.3, -0.25) is 29.1 Å². The van der Waals surface area contributed by atoms with Crippen LogP contribution in [0.4, 0.5) is 23.0 Å². The van der Waals surface area contributed by atoms with E-state index in [1.165, 1.54) is 6.20 Å². The smallest absolute Gasteiger partial charge is 0.258 e. The molecule has 0 spiro atoms. The monoisotopic (exact) mass is 658 g/mol. The predicted molar refractivity (Wildman–Crippen MR) is 185 cm³/mol. The number of hydrogen-bond donors (Lipinski definition) is 2. The molecular formula is C37H38N8O4. The van der Waals surface area contributed by atoms with Gasteiger partial charge in [0.05, 0.1) is 27.8 Å². The maximum atomic E-state index is 12.8. The predicted octanol–water partition coefficient (Wildman–Crippen LogP) is 5.34. The number of carbonyl (C=O) groups is 4. The topological polar surface area (TPSA) is 150 Å². The molecule has 0 unspecified atom stereocenters. The van der Waals surface area contributed by atoms with Gasteiger partial charge in [0.2, 0.25) is 11.8 Å². The number of hydrogen-bond acceptors (Lipinski definition) is 8. The summed E-state index contributed by atoms with van der Waals surface area (Å²) in [5, 5.41) is 5.60. The largest absolute Gasteiger partial charge is 0.308 e. The van der Waals surface area contributed by atoms with Crippen molar-refractivity contribution >= 4 is 46.6 Å². The Morgan fingerprint density at radius 3 is 1.65 bits per heavy atom. The fraction of sp³-hybridized carbons (Fsp3) is 0.351. The molecular weight excluding hydrogens is 620 g/mol. The Morgan fingerprint density at radius 1 is 0.694 bits per heavy atom. The van der Waals surface area contributed by atoms with Crippen molar-refractivity contribution < 1.29 is 19.2 Å². The summed E-state index contributed by atoms with van der Waals surface area (Å²) in [5.74, 6) is 0.613. The number of carbonyl (C=O) groups excluding carboxylic acids is 4. The molecule has 4 aromatic heterocycles. The molecule has 250 valence electrons. The SMILES string of the molecule is CC1(C)C(=O)N(C2CC2)c2cc(NC(=O)c3cccnc3)ncc21.Cc1cc(C(=O)Nc2cc3c(cn2)C(C)(C)C(=O)N3C2CC2)ccn1. The lowest BCUT2D eigenvalue weighted by molar-refractivity contribution is -0.122. The maximum Gasteiger partial charge on any atom is 0.258 e. The molecule has 2 fully saturated rings. The third-order valence-electron chi connectivity index (χ3n) is 9.53. The Kier molecular flexibility index (Phi) is 7.76. The van der Waals surface area contributed by atoms with E-state index in [1.54, 1.807) is 55.1 Å². The molecule has 0 atom stereocenters. The van der Waals surface area contributed by atoms with Crippen LogP contribution in [0.2, 0.25) is 0 Å². The van der Waals surface area contributed by atoms with Crippen LogP contribution in [0.25, 0.3) is 0 Å². The van der Waals surface area contributed by atoms with Gasteiger partial charge in [-0.1, -0.05) is 0 Å². The molecule has 2 aliphatic carbocycles. The van der Waals surface area contributed by atoms with E-state index >= 15 is 0 Å². The summed E-state index contributed by atoms with van der Waals surface area (Å²) < 4.78 is 0. The van der Waals surface area contributed by atoms with Gasteiger partial charge in [-0.15, -0.1) is 0 Å². The van der Waals surface area contributed by atoms with E-state index in [1.807, 2.05) is 50.5 Å². The fourth-order valence-corrected chi connectivity index (χ4v) is 6.39. The Hall–Kier alpha value is -5.52. The zero-order valence-corrected chi connectivity index (χ0v) is 28.2. The van der Waals surface area contributed by atoms with Crippen LogP contribution in [0.15, 0.2) is 67.4 Å². The Bertz CT molecular complexity index is 2000. The molecule has 4 aromatic rings. The van der Waals surface area contributed by atoms with Gasteiger partial charge in [-0.05, 0) is 84.6 Å². The van der Waals surface area contributed by atoms with Gasteiger partial charge in [0, 0.05) is 77.6 Å². The van der Waals surface area contributed by atoms with E-state index in [0.29, 0.717) is 22.8 Å². The number of aryl methyl sites for hydroxylation is 1. The van der Waals surface area contributed by atoms with E-state index in [9.17, 15) is 19.2 Å². The second kappa shape index (κ2) is 11.9. The zero-order valence-electron chi connectivity index (χ0n) is 28.2. The van der Waals surface area contributed by atoms with E-state index in [4.69, 9.17) is 0 Å². The molecule has 0 radical (unpaired) electrons. The van der Waals surface area contributed by atoms with Crippen LogP contribution in [-0.2, 0) is 20.4 Å². The van der Waals surface area contributed by atoms with E-state index in [0.717, 1.165) is 53.9 Å². The third kappa shape index (κ3) is 5.92. The minimum absolute atomic E-state index is 0.109. The lowest BCUT2D eigenvalue weighted by Gasteiger charge is -2.19. The summed E-state index contributed by atoms with van der Waals surface area (Å²) in [6, 6.07) is 11.0. The van der Waals surface area contributed by atoms with Gasteiger partial charge < -0.3 is 20.4 Å². The molecule has 12 heteroatoms. The highest BCUT2D eigenvalue weighted by atomic mass is 16.2. The van der Waals surface area contributed by atoms with E-state index in [-0.39, 0.29) is 35.7 Å². The van der Waals surface area contributed by atoms with Crippen molar-refractivity contribution in [2.75, 3.05) is 20.4 Å². The van der Waals surface area contributed by atoms with Crippen LogP contribution in [-0.4, -0.2) is 55.6 Å². The van der Waals surface area contributed by atoms with Crippen molar-refractivity contribution in [3.63, 3.8) is 0 Å². The first-order valence-electron chi connectivity index (χ1n) is 16.5. The summed E-state index contributed by atoms with van der Waals surface area (Å²) in [5.41, 5.74) is 4.20. The molecule has 2 N–H and O–H groups in total. The van der Waals surface area contributed by atoms with Crippen LogP contribution in [0.5, 0.6) is 0 Å². The first kappa shape index (κ1) is 32.0. The van der Waals surface area contributed by atoms with Crippen molar-refractivity contribution in [1.29, 1.82) is 0 Å². The Balaban J connectivity index is 0.000000154. The number of nitrogens with one attached hydrogen (secondary N) is 2. The summed E-state index contributed by atoms with van der Waals surface area (Å²) in [6.07, 6.45) is 12.3. The van der Waals surface area contributed by atoms with Crippen molar-refractivity contribution in [2.45, 2.75) is 83.2 Å². The van der Waals surface area contributed by atoms with Gasteiger partial charge in [0.1, 0.15) is 11.6 Å². The first-order chi connectivity index (χ1) is 23.4.